The zero-order valence-electron chi connectivity index (χ0n) is 19.8. The number of aromatic nitrogens is 1. The number of benzene rings is 2. The fraction of sp³-hybridized carbons (Fsp3) is 0.269. The van der Waals surface area contributed by atoms with Crippen LogP contribution in [-0.2, 0) is 16.1 Å². The van der Waals surface area contributed by atoms with Gasteiger partial charge in [0.15, 0.2) is 0 Å². The van der Waals surface area contributed by atoms with E-state index in [-0.39, 0.29) is 36.6 Å². The van der Waals surface area contributed by atoms with Crippen LogP contribution < -0.4 is 20.3 Å². The second kappa shape index (κ2) is 11.7. The number of hydrogen-bond acceptors (Lipinski definition) is 7. The maximum atomic E-state index is 12.9. The number of nitrogens with one attached hydrogen (secondary N) is 2. The van der Waals surface area contributed by atoms with Gasteiger partial charge in [0.2, 0.25) is 5.91 Å². The first-order chi connectivity index (χ1) is 16.9. The van der Waals surface area contributed by atoms with Crippen LogP contribution in [0.1, 0.15) is 46.3 Å². The summed E-state index contributed by atoms with van der Waals surface area (Å²) < 4.78 is 15.3. The molecule has 0 aliphatic rings. The van der Waals surface area contributed by atoms with Gasteiger partial charge in [0, 0.05) is 25.1 Å². The molecule has 1 heterocycles. The van der Waals surface area contributed by atoms with Crippen molar-refractivity contribution in [2.75, 3.05) is 20.8 Å². The summed E-state index contributed by atoms with van der Waals surface area (Å²) in [5.74, 6) is -1.18. The van der Waals surface area contributed by atoms with Crippen LogP contribution in [0.25, 0.3) is 0 Å². The molecule has 0 spiro atoms. The maximum Gasteiger partial charge on any atom is 0.343 e. The van der Waals surface area contributed by atoms with Crippen LogP contribution in [0.4, 0.5) is 0 Å². The molecule has 9 heteroatoms. The molecule has 3 aromatic rings. The molecular formula is C26H28N2O7. The van der Waals surface area contributed by atoms with Crippen LogP contribution in [-0.4, -0.2) is 42.8 Å². The normalized spacial score (nSPS) is 11.4. The summed E-state index contributed by atoms with van der Waals surface area (Å²) in [6.45, 7) is 2.00. The van der Waals surface area contributed by atoms with E-state index in [4.69, 9.17) is 14.2 Å². The molecule has 35 heavy (non-hydrogen) atoms. The Hall–Kier alpha value is -4.27. The van der Waals surface area contributed by atoms with Gasteiger partial charge >= 0.3 is 5.97 Å². The van der Waals surface area contributed by atoms with E-state index in [0.29, 0.717) is 17.1 Å². The average molecular weight is 481 g/mol. The maximum absolute atomic E-state index is 12.9. The Morgan fingerprint density at radius 3 is 2.17 bits per heavy atom. The largest absolute Gasteiger partial charge is 0.506 e. The van der Waals surface area contributed by atoms with Crippen LogP contribution in [0.15, 0.2) is 59.5 Å². The van der Waals surface area contributed by atoms with Crippen LogP contribution in [0.5, 0.6) is 17.2 Å². The minimum Gasteiger partial charge on any atom is -0.506 e. The van der Waals surface area contributed by atoms with Gasteiger partial charge in [-0.05, 0) is 42.3 Å². The van der Waals surface area contributed by atoms with E-state index in [0.717, 1.165) is 11.8 Å². The lowest BCUT2D eigenvalue weighted by molar-refractivity contribution is -0.121. The molecule has 9 nitrogen and oxygen atoms in total. The van der Waals surface area contributed by atoms with E-state index in [1.165, 1.54) is 7.11 Å². The number of ether oxygens (including phenoxy) is 3. The summed E-state index contributed by atoms with van der Waals surface area (Å²) in [6.07, 6.45) is 0.958. The third-order valence-corrected chi connectivity index (χ3v) is 5.50. The summed E-state index contributed by atoms with van der Waals surface area (Å²) in [5.41, 5.74) is 0.565. The molecule has 0 saturated heterocycles. The number of methoxy groups -OCH3 is 2. The lowest BCUT2D eigenvalue weighted by atomic mass is 9.87. The highest BCUT2D eigenvalue weighted by molar-refractivity contribution is 5.92. The lowest BCUT2D eigenvalue weighted by Crippen LogP contribution is -2.27. The highest BCUT2D eigenvalue weighted by Gasteiger charge is 2.28. The van der Waals surface area contributed by atoms with Crippen LogP contribution in [0, 0.1) is 0 Å². The number of amides is 1. The molecule has 2 aromatic carbocycles. The molecule has 184 valence electrons. The van der Waals surface area contributed by atoms with Crippen molar-refractivity contribution < 1.29 is 28.9 Å². The summed E-state index contributed by atoms with van der Waals surface area (Å²) in [7, 11) is 3.10. The van der Waals surface area contributed by atoms with Gasteiger partial charge in [-0.25, -0.2) is 4.79 Å². The first-order valence-electron chi connectivity index (χ1n) is 11.0. The van der Waals surface area contributed by atoms with Crippen molar-refractivity contribution in [3.8, 4) is 17.2 Å². The summed E-state index contributed by atoms with van der Waals surface area (Å²) >= 11 is 0. The molecule has 1 aromatic heterocycles. The van der Waals surface area contributed by atoms with Crippen molar-refractivity contribution in [1.82, 2.24) is 10.3 Å². The number of rotatable bonds is 10. The molecule has 0 fully saturated rings. The second-order valence-electron chi connectivity index (χ2n) is 7.67. The molecule has 0 unspecified atom stereocenters. The predicted octanol–water partition coefficient (Wildman–Crippen LogP) is 3.11. The van der Waals surface area contributed by atoms with E-state index in [1.807, 2.05) is 12.1 Å². The summed E-state index contributed by atoms with van der Waals surface area (Å²) in [6, 6.07) is 14.0. The van der Waals surface area contributed by atoms with Gasteiger partial charge in [0.1, 0.15) is 22.8 Å². The zero-order chi connectivity index (χ0) is 25.4. The van der Waals surface area contributed by atoms with E-state index < -0.39 is 23.2 Å². The standard InChI is InChI=1S/C26H28N2O7/c1-4-35-26(32)21-15-28-25(31)23(24(21)30)20(17-7-11-19(34-3)12-8-17)13-22(29)27-14-16-5-9-18(33-2)10-6-16/h5-12,15,20H,4,13-14H2,1-3H3,(H,27,29)(H2,28,30,31)/t20-/m0/s1. The summed E-state index contributed by atoms with van der Waals surface area (Å²) in [4.78, 5) is 40.5. The summed E-state index contributed by atoms with van der Waals surface area (Å²) in [5, 5.41) is 13.7. The van der Waals surface area contributed by atoms with Crippen molar-refractivity contribution in [2.24, 2.45) is 0 Å². The van der Waals surface area contributed by atoms with Crippen LogP contribution in [0.2, 0.25) is 0 Å². The Morgan fingerprint density at radius 2 is 1.60 bits per heavy atom. The fourth-order valence-electron chi connectivity index (χ4n) is 3.65. The molecule has 0 aliphatic carbocycles. The van der Waals surface area contributed by atoms with Crippen molar-refractivity contribution >= 4 is 11.9 Å². The van der Waals surface area contributed by atoms with Gasteiger partial charge < -0.3 is 29.6 Å². The molecule has 3 N–H and O–H groups in total. The third kappa shape index (κ3) is 6.20. The van der Waals surface area contributed by atoms with E-state index in [9.17, 15) is 19.5 Å². The highest BCUT2D eigenvalue weighted by atomic mass is 16.5. The Balaban J connectivity index is 1.92. The first-order valence-corrected chi connectivity index (χ1v) is 11.0. The molecule has 0 saturated carbocycles. The van der Waals surface area contributed by atoms with Gasteiger partial charge in [-0.3, -0.25) is 9.59 Å². The zero-order valence-corrected chi connectivity index (χ0v) is 19.8. The van der Waals surface area contributed by atoms with Crippen LogP contribution >= 0.6 is 0 Å². The van der Waals surface area contributed by atoms with Crippen molar-refractivity contribution in [1.29, 1.82) is 0 Å². The number of carbonyl (C=O) groups excluding carboxylic acids is 2. The van der Waals surface area contributed by atoms with E-state index >= 15 is 0 Å². The monoisotopic (exact) mass is 480 g/mol. The molecular weight excluding hydrogens is 452 g/mol. The molecule has 0 radical (unpaired) electrons. The predicted molar refractivity (Wildman–Crippen MR) is 129 cm³/mol. The molecule has 1 atom stereocenters. The van der Waals surface area contributed by atoms with Gasteiger partial charge in [-0.2, -0.15) is 0 Å². The van der Waals surface area contributed by atoms with Gasteiger partial charge in [0.25, 0.3) is 5.56 Å². The van der Waals surface area contributed by atoms with Crippen molar-refractivity contribution in [3.05, 3.63) is 87.3 Å². The number of aromatic hydroxyl groups is 1. The number of aromatic amines is 1. The van der Waals surface area contributed by atoms with Crippen molar-refractivity contribution in [2.45, 2.75) is 25.8 Å². The average Bonchev–Trinajstić information content (AvgIpc) is 2.87. The topological polar surface area (TPSA) is 127 Å². The SMILES string of the molecule is CCOC(=O)c1c[nH]c(=O)c([C@@H](CC(=O)NCc2ccc(OC)cc2)c2ccc(OC)cc2)c1O. The third-order valence-electron chi connectivity index (χ3n) is 5.50. The number of carbonyl (C=O) groups is 2. The fourth-order valence-corrected chi connectivity index (χ4v) is 3.65. The van der Waals surface area contributed by atoms with E-state index in [2.05, 4.69) is 10.3 Å². The second-order valence-corrected chi connectivity index (χ2v) is 7.67. The Kier molecular flexibility index (Phi) is 8.50. The van der Waals surface area contributed by atoms with E-state index in [1.54, 1.807) is 50.4 Å². The van der Waals surface area contributed by atoms with Gasteiger partial charge in [-0.1, -0.05) is 24.3 Å². The Bertz CT molecular complexity index is 1220. The molecule has 3 rings (SSSR count). The quantitative estimate of drug-likeness (QED) is 0.381. The van der Waals surface area contributed by atoms with Gasteiger partial charge in [-0.15, -0.1) is 0 Å². The molecule has 1 amide bonds. The number of esters is 1. The molecule has 0 aliphatic heterocycles. The smallest absolute Gasteiger partial charge is 0.343 e. The Labute approximate surface area is 202 Å². The lowest BCUT2D eigenvalue weighted by Gasteiger charge is -2.19. The van der Waals surface area contributed by atoms with Crippen LogP contribution in [0.3, 0.4) is 0 Å². The van der Waals surface area contributed by atoms with Crippen molar-refractivity contribution in [3.63, 3.8) is 0 Å². The molecule has 0 bridgehead atoms. The Morgan fingerprint density at radius 1 is 1.00 bits per heavy atom. The number of hydrogen-bond donors (Lipinski definition) is 3. The minimum absolute atomic E-state index is 0.0969. The number of H-pyrrole nitrogens is 1. The van der Waals surface area contributed by atoms with Gasteiger partial charge in [0.05, 0.1) is 26.4 Å². The minimum atomic E-state index is -0.838. The first kappa shape index (κ1) is 25.4. The number of pyridine rings is 1. The highest BCUT2D eigenvalue weighted by Crippen LogP contribution is 2.34.